The number of nitrogens with one attached hydrogen (secondary N) is 3. The number of hydrogen-bond acceptors (Lipinski definition) is 9. The number of benzene rings is 1. The van der Waals surface area contributed by atoms with Crippen LogP contribution in [-0.4, -0.2) is 95.7 Å². The predicted molar refractivity (Wildman–Crippen MR) is 183 cm³/mol. The molecule has 1 unspecified atom stereocenters. The van der Waals surface area contributed by atoms with Gasteiger partial charge in [-0.25, -0.2) is 31.2 Å². The highest BCUT2D eigenvalue weighted by Gasteiger charge is 2.62. The van der Waals surface area contributed by atoms with Gasteiger partial charge in [-0.1, -0.05) is 24.3 Å². The van der Waals surface area contributed by atoms with E-state index in [1.165, 1.54) is 29.2 Å². The fourth-order valence-corrected chi connectivity index (χ4v) is 9.26. The van der Waals surface area contributed by atoms with Crippen molar-refractivity contribution < 1.29 is 55.0 Å². The van der Waals surface area contributed by atoms with Crippen LogP contribution < -0.4 is 15.4 Å². The molecule has 0 radical (unpaired) electrons. The van der Waals surface area contributed by atoms with Crippen LogP contribution in [0.4, 0.5) is 22.8 Å². The zero-order valence-corrected chi connectivity index (χ0v) is 30.4. The molecule has 0 aromatic heterocycles. The maximum atomic E-state index is 15.2. The molecule has 294 valence electrons. The SMILES string of the molecule is O=C(N[C@H]1CCC(F)(F)CC/C=C\[C@@H]2C[C@@]2(C(=O)NS(=O)(=O)C2CC2)NC(=O)C2C[C@@H](OC(=O)N3Cc4cccc(F)c4C3)CN2C1=O)OC1CCCC1. The van der Waals surface area contributed by atoms with Crippen LogP contribution in [0.1, 0.15) is 88.2 Å². The van der Waals surface area contributed by atoms with Crippen molar-refractivity contribution >= 4 is 39.9 Å². The first-order valence-electron chi connectivity index (χ1n) is 18.6. The molecule has 1 saturated heterocycles. The van der Waals surface area contributed by atoms with Crippen LogP contribution in [0, 0.1) is 11.7 Å². The van der Waals surface area contributed by atoms with E-state index in [4.69, 9.17) is 9.47 Å². The summed E-state index contributed by atoms with van der Waals surface area (Å²) < 4.78 is 83.6. The van der Waals surface area contributed by atoms with Gasteiger partial charge in [0.2, 0.25) is 27.8 Å². The van der Waals surface area contributed by atoms with Crippen molar-refractivity contribution in [1.29, 1.82) is 0 Å². The Balaban J connectivity index is 1.15. The quantitative estimate of drug-likeness (QED) is 0.364. The Morgan fingerprint density at radius 2 is 1.72 bits per heavy atom. The van der Waals surface area contributed by atoms with E-state index in [-0.39, 0.29) is 38.9 Å². The summed E-state index contributed by atoms with van der Waals surface area (Å²) in [5, 5.41) is 4.36. The number of halogens is 3. The van der Waals surface area contributed by atoms with Crippen LogP contribution in [-0.2, 0) is 47.0 Å². The molecule has 5 atom stereocenters. The Morgan fingerprint density at radius 1 is 0.963 bits per heavy atom. The lowest BCUT2D eigenvalue weighted by Crippen LogP contribution is -2.58. The Morgan fingerprint density at radius 3 is 2.44 bits per heavy atom. The van der Waals surface area contributed by atoms with Gasteiger partial charge in [0.15, 0.2) is 0 Å². The molecule has 1 aromatic rings. The van der Waals surface area contributed by atoms with Gasteiger partial charge in [0.1, 0.15) is 35.6 Å². The van der Waals surface area contributed by atoms with Crippen molar-refractivity contribution in [2.75, 3.05) is 6.54 Å². The molecule has 5 amide bonds. The fraction of sp³-hybridized carbons (Fsp3) is 0.639. The minimum Gasteiger partial charge on any atom is -0.446 e. The van der Waals surface area contributed by atoms with Gasteiger partial charge in [-0.15, -0.1) is 0 Å². The van der Waals surface area contributed by atoms with Gasteiger partial charge in [-0.05, 0) is 69.4 Å². The molecule has 54 heavy (non-hydrogen) atoms. The largest absolute Gasteiger partial charge is 0.446 e. The van der Waals surface area contributed by atoms with Gasteiger partial charge in [0.25, 0.3) is 5.91 Å². The lowest BCUT2D eigenvalue weighted by atomic mass is 10.0. The molecule has 6 aliphatic rings. The molecule has 3 heterocycles. The Kier molecular flexibility index (Phi) is 10.3. The highest BCUT2D eigenvalue weighted by Crippen LogP contribution is 2.46. The van der Waals surface area contributed by atoms with Crippen molar-refractivity contribution in [3.8, 4) is 0 Å². The van der Waals surface area contributed by atoms with E-state index in [1.54, 1.807) is 6.07 Å². The van der Waals surface area contributed by atoms with Crippen LogP contribution in [0.2, 0.25) is 0 Å². The first-order chi connectivity index (χ1) is 25.6. The average molecular weight is 780 g/mol. The van der Waals surface area contributed by atoms with Crippen LogP contribution in [0.3, 0.4) is 0 Å². The normalized spacial score (nSPS) is 30.5. The molecule has 18 heteroatoms. The molecule has 0 spiro atoms. The van der Waals surface area contributed by atoms with E-state index in [9.17, 15) is 36.8 Å². The molecular weight excluding hydrogens is 735 g/mol. The highest BCUT2D eigenvalue weighted by molar-refractivity contribution is 7.91. The number of amides is 5. The van der Waals surface area contributed by atoms with E-state index in [2.05, 4.69) is 15.4 Å². The monoisotopic (exact) mass is 779 g/mol. The number of nitrogens with zero attached hydrogens (tertiary/aromatic N) is 2. The zero-order chi connectivity index (χ0) is 38.4. The van der Waals surface area contributed by atoms with Crippen molar-refractivity contribution in [3.63, 3.8) is 0 Å². The number of fused-ring (bicyclic) bond motifs is 3. The van der Waals surface area contributed by atoms with Crippen LogP contribution in [0.5, 0.6) is 0 Å². The molecule has 3 saturated carbocycles. The van der Waals surface area contributed by atoms with Gasteiger partial charge in [-0.2, -0.15) is 0 Å². The van der Waals surface area contributed by atoms with E-state index in [0.29, 0.717) is 36.8 Å². The first-order valence-corrected chi connectivity index (χ1v) is 20.1. The number of carbonyl (C=O) groups is 5. The minimum atomic E-state index is -4.03. The fourth-order valence-electron chi connectivity index (χ4n) is 7.90. The van der Waals surface area contributed by atoms with Gasteiger partial charge in [-0.3, -0.25) is 24.0 Å². The Labute approximate surface area is 310 Å². The lowest BCUT2D eigenvalue weighted by Gasteiger charge is -2.30. The van der Waals surface area contributed by atoms with E-state index < -0.39 is 112 Å². The summed E-state index contributed by atoms with van der Waals surface area (Å²) in [6.07, 6.45) is 1.01. The third-order valence-corrected chi connectivity index (χ3v) is 13.1. The summed E-state index contributed by atoms with van der Waals surface area (Å²) in [6.45, 7) is -0.382. The molecule has 1 aromatic carbocycles. The topological polar surface area (TPSA) is 181 Å². The van der Waals surface area contributed by atoms with Crippen molar-refractivity contribution in [2.45, 2.75) is 131 Å². The summed E-state index contributed by atoms with van der Waals surface area (Å²) in [6, 6.07) is 1.50. The summed E-state index contributed by atoms with van der Waals surface area (Å²) in [5.74, 6) is -7.23. The molecule has 7 rings (SSSR count). The number of ether oxygens (including phenoxy) is 2. The van der Waals surface area contributed by atoms with Crippen molar-refractivity contribution in [1.82, 2.24) is 25.2 Å². The minimum absolute atomic E-state index is 0.0278. The van der Waals surface area contributed by atoms with Gasteiger partial charge >= 0.3 is 12.2 Å². The van der Waals surface area contributed by atoms with Gasteiger partial charge in [0, 0.05) is 37.3 Å². The molecule has 0 bridgehead atoms. The number of sulfonamides is 1. The number of alkyl carbamates (subject to hydrolysis) is 1. The maximum Gasteiger partial charge on any atom is 0.410 e. The number of alkyl halides is 2. The lowest BCUT2D eigenvalue weighted by molar-refractivity contribution is -0.141. The number of allylic oxidation sites excluding steroid dienone is 1. The molecule has 3 aliphatic carbocycles. The number of rotatable bonds is 6. The summed E-state index contributed by atoms with van der Waals surface area (Å²) in [5.41, 5.74) is -0.828. The Hall–Kier alpha value is -4.35. The summed E-state index contributed by atoms with van der Waals surface area (Å²) in [7, 11) is -4.03. The van der Waals surface area contributed by atoms with Crippen molar-refractivity contribution in [2.24, 2.45) is 5.92 Å². The molecule has 3 N–H and O–H groups in total. The predicted octanol–water partition coefficient (Wildman–Crippen LogP) is 3.53. The zero-order valence-electron chi connectivity index (χ0n) is 29.6. The van der Waals surface area contributed by atoms with Gasteiger partial charge in [0.05, 0.1) is 18.3 Å². The summed E-state index contributed by atoms with van der Waals surface area (Å²) in [4.78, 5) is 70.7. The second kappa shape index (κ2) is 14.7. The second-order valence-electron chi connectivity index (χ2n) is 15.3. The first kappa shape index (κ1) is 37.9. The van der Waals surface area contributed by atoms with E-state index in [1.807, 2.05) is 0 Å². The highest BCUT2D eigenvalue weighted by atomic mass is 32.2. The molecule has 3 aliphatic heterocycles. The van der Waals surface area contributed by atoms with Crippen molar-refractivity contribution in [3.05, 3.63) is 47.3 Å². The third kappa shape index (κ3) is 8.17. The summed E-state index contributed by atoms with van der Waals surface area (Å²) >= 11 is 0. The van der Waals surface area contributed by atoms with Crippen LogP contribution in [0.25, 0.3) is 0 Å². The third-order valence-electron chi connectivity index (χ3n) is 11.3. The smallest absolute Gasteiger partial charge is 0.410 e. The van der Waals surface area contributed by atoms with E-state index >= 15 is 8.78 Å². The average Bonchev–Trinajstić information content (AvgIpc) is 3.90. The number of carbonyl (C=O) groups excluding carboxylic acids is 5. The second-order valence-corrected chi connectivity index (χ2v) is 17.3. The number of hydrogen-bond donors (Lipinski definition) is 3. The molecular formula is C36H44F3N5O9S. The van der Waals surface area contributed by atoms with Crippen LogP contribution >= 0.6 is 0 Å². The van der Waals surface area contributed by atoms with Gasteiger partial charge < -0.3 is 25.0 Å². The Bertz CT molecular complexity index is 1840. The standard InChI is InChI=1S/C36H44F3N5O9S/c37-27-10-5-6-21-18-43(20-26(21)27)34(49)53-24-16-29-30(45)41-36(32(47)42-54(50,51)25-11-12-25)17-22(36)7-3-4-14-35(38,39)15-13-28(31(46)44(29)19-24)40-33(48)52-23-8-1-2-9-23/h3,5-7,10,22-25,28-29H,1-2,4,8-9,11-20H2,(H,40,48)(H,41,45)(H,42,47)/b7-3-/t22-,24-,28+,29?,36-/m1/s1. The van der Waals surface area contributed by atoms with Crippen LogP contribution in [0.15, 0.2) is 30.4 Å². The molecule has 4 fully saturated rings. The maximum absolute atomic E-state index is 15.2. The molecule has 14 nitrogen and oxygen atoms in total. The van der Waals surface area contributed by atoms with E-state index in [0.717, 1.165) is 17.7 Å².